The van der Waals surface area contributed by atoms with E-state index >= 15 is 0 Å². The van der Waals surface area contributed by atoms with Crippen molar-refractivity contribution in [3.8, 4) is 11.3 Å². The number of nitrogens with one attached hydrogen (secondary N) is 2. The first kappa shape index (κ1) is 14.6. The summed E-state index contributed by atoms with van der Waals surface area (Å²) < 4.78 is 27.9. The van der Waals surface area contributed by atoms with Crippen molar-refractivity contribution in [1.29, 1.82) is 0 Å². The molecule has 2 amide bonds. The van der Waals surface area contributed by atoms with Gasteiger partial charge in [-0.1, -0.05) is 35.5 Å². The third kappa shape index (κ3) is 3.45. The fourth-order valence-corrected chi connectivity index (χ4v) is 3.99. The summed E-state index contributed by atoms with van der Waals surface area (Å²) in [5.74, 6) is 0.908. The normalized spacial score (nSPS) is 19.7. The van der Waals surface area contributed by atoms with Gasteiger partial charge in [0.25, 0.3) is 0 Å². The minimum absolute atomic E-state index is 0.0193. The van der Waals surface area contributed by atoms with Crippen molar-refractivity contribution in [2.24, 2.45) is 0 Å². The lowest BCUT2D eigenvalue weighted by Crippen LogP contribution is -2.38. The molecule has 7 nitrogen and oxygen atoms in total. The second-order valence-corrected chi connectivity index (χ2v) is 7.37. The Morgan fingerprint density at radius 3 is 2.73 bits per heavy atom. The van der Waals surface area contributed by atoms with Crippen molar-refractivity contribution in [3.05, 3.63) is 36.4 Å². The number of aromatic nitrogens is 1. The highest BCUT2D eigenvalue weighted by molar-refractivity contribution is 7.91. The molecule has 116 valence electrons. The SMILES string of the molecule is O=C(Nc1cc(-c2ccccc2)on1)NC1CCS(=O)(=O)C1. The van der Waals surface area contributed by atoms with Crippen LogP contribution in [-0.4, -0.2) is 37.2 Å². The van der Waals surface area contributed by atoms with Crippen LogP contribution in [-0.2, 0) is 9.84 Å². The van der Waals surface area contributed by atoms with E-state index < -0.39 is 15.9 Å². The maximum atomic E-state index is 11.8. The minimum atomic E-state index is -3.02. The summed E-state index contributed by atoms with van der Waals surface area (Å²) in [7, 11) is -3.02. The van der Waals surface area contributed by atoms with E-state index in [1.165, 1.54) is 0 Å². The highest BCUT2D eigenvalue weighted by Gasteiger charge is 2.29. The molecule has 1 atom stereocenters. The molecule has 0 aliphatic carbocycles. The molecular weight excluding hydrogens is 306 g/mol. The van der Waals surface area contributed by atoms with E-state index in [1.807, 2.05) is 30.3 Å². The van der Waals surface area contributed by atoms with E-state index in [4.69, 9.17) is 4.52 Å². The zero-order chi connectivity index (χ0) is 15.6. The lowest BCUT2D eigenvalue weighted by atomic mass is 10.2. The lowest BCUT2D eigenvalue weighted by molar-refractivity contribution is 0.249. The number of benzene rings is 1. The summed E-state index contributed by atoms with van der Waals surface area (Å²) in [4.78, 5) is 11.8. The first-order valence-corrected chi connectivity index (χ1v) is 8.64. The van der Waals surface area contributed by atoms with Gasteiger partial charge in [-0.25, -0.2) is 13.2 Å². The molecule has 22 heavy (non-hydrogen) atoms. The van der Waals surface area contributed by atoms with E-state index in [0.717, 1.165) is 5.56 Å². The predicted molar refractivity (Wildman–Crippen MR) is 81.2 cm³/mol. The zero-order valence-electron chi connectivity index (χ0n) is 11.7. The molecule has 0 radical (unpaired) electrons. The number of amides is 2. The van der Waals surface area contributed by atoms with E-state index in [2.05, 4.69) is 15.8 Å². The van der Waals surface area contributed by atoms with E-state index in [-0.39, 0.29) is 23.4 Å². The first-order chi connectivity index (χ1) is 10.5. The molecule has 2 N–H and O–H groups in total. The molecule has 1 saturated heterocycles. The van der Waals surface area contributed by atoms with Crippen molar-refractivity contribution in [1.82, 2.24) is 10.5 Å². The standard InChI is InChI=1S/C14H15N3O4S/c18-14(15-11-6-7-22(19,20)9-11)16-13-8-12(21-17-13)10-4-2-1-3-5-10/h1-5,8,11H,6-7,9H2,(H2,15,16,17,18). The van der Waals surface area contributed by atoms with Crippen molar-refractivity contribution >= 4 is 21.7 Å². The van der Waals surface area contributed by atoms with Gasteiger partial charge in [0.2, 0.25) is 0 Å². The number of rotatable bonds is 3. The average Bonchev–Trinajstić information content (AvgIpc) is 3.06. The molecular formula is C14H15N3O4S. The summed E-state index contributed by atoms with van der Waals surface area (Å²) in [5.41, 5.74) is 0.852. The van der Waals surface area contributed by atoms with Crippen molar-refractivity contribution < 1.29 is 17.7 Å². The summed E-state index contributed by atoms with van der Waals surface area (Å²) in [5, 5.41) is 8.93. The highest BCUT2D eigenvalue weighted by Crippen LogP contribution is 2.21. The van der Waals surface area contributed by atoms with Crippen molar-refractivity contribution in [3.63, 3.8) is 0 Å². The van der Waals surface area contributed by atoms with Crippen LogP contribution >= 0.6 is 0 Å². The third-order valence-electron chi connectivity index (χ3n) is 3.38. The molecule has 1 aliphatic heterocycles. The number of urea groups is 1. The van der Waals surface area contributed by atoms with E-state index in [0.29, 0.717) is 12.2 Å². The van der Waals surface area contributed by atoms with Crippen LogP contribution in [0, 0.1) is 0 Å². The minimum Gasteiger partial charge on any atom is -0.354 e. The topological polar surface area (TPSA) is 101 Å². The largest absolute Gasteiger partial charge is 0.354 e. The second kappa shape index (κ2) is 5.80. The Kier molecular flexibility index (Phi) is 3.84. The number of sulfone groups is 1. The molecule has 8 heteroatoms. The maximum absolute atomic E-state index is 11.8. The molecule has 0 saturated carbocycles. The van der Waals surface area contributed by atoms with Crippen molar-refractivity contribution in [2.75, 3.05) is 16.8 Å². The molecule has 3 rings (SSSR count). The number of anilines is 1. The molecule has 1 unspecified atom stereocenters. The summed E-state index contributed by atoms with van der Waals surface area (Å²) in [6.07, 6.45) is 0.434. The Bertz CT molecular complexity index is 770. The molecule has 1 aromatic carbocycles. The summed E-state index contributed by atoms with van der Waals surface area (Å²) in [6.45, 7) is 0. The Balaban J connectivity index is 1.60. The monoisotopic (exact) mass is 321 g/mol. The fourth-order valence-electron chi connectivity index (χ4n) is 2.32. The first-order valence-electron chi connectivity index (χ1n) is 6.82. The molecule has 0 bridgehead atoms. The second-order valence-electron chi connectivity index (χ2n) is 5.14. The molecule has 2 aromatic rings. The average molecular weight is 321 g/mol. The van der Waals surface area contributed by atoms with E-state index in [1.54, 1.807) is 6.07 Å². The van der Waals surface area contributed by atoms with Crippen LogP contribution in [0.1, 0.15) is 6.42 Å². The molecule has 1 aliphatic rings. The van der Waals surface area contributed by atoms with Crippen LogP contribution < -0.4 is 10.6 Å². The molecule has 1 fully saturated rings. The van der Waals surface area contributed by atoms with Gasteiger partial charge in [-0.15, -0.1) is 0 Å². The number of hydrogen-bond donors (Lipinski definition) is 2. The Morgan fingerprint density at radius 1 is 1.27 bits per heavy atom. The van der Waals surface area contributed by atoms with Gasteiger partial charge in [-0.05, 0) is 6.42 Å². The van der Waals surface area contributed by atoms with Crippen molar-refractivity contribution in [2.45, 2.75) is 12.5 Å². The van der Waals surface area contributed by atoms with Gasteiger partial charge in [0.1, 0.15) is 0 Å². The van der Waals surface area contributed by atoms with Crippen LogP contribution in [0.25, 0.3) is 11.3 Å². The Hall–Kier alpha value is -2.35. The van der Waals surface area contributed by atoms with Crippen LogP contribution in [0.2, 0.25) is 0 Å². The Labute approximate surface area is 127 Å². The highest BCUT2D eigenvalue weighted by atomic mass is 32.2. The predicted octanol–water partition coefficient (Wildman–Crippen LogP) is 1.65. The smallest absolute Gasteiger partial charge is 0.320 e. The van der Waals surface area contributed by atoms with Crippen LogP contribution in [0.5, 0.6) is 0 Å². The van der Waals surface area contributed by atoms with Gasteiger partial charge >= 0.3 is 6.03 Å². The third-order valence-corrected chi connectivity index (χ3v) is 5.15. The molecule has 2 heterocycles. The lowest BCUT2D eigenvalue weighted by Gasteiger charge is -2.10. The maximum Gasteiger partial charge on any atom is 0.320 e. The number of nitrogens with zero attached hydrogens (tertiary/aromatic N) is 1. The Morgan fingerprint density at radius 2 is 2.05 bits per heavy atom. The number of hydrogen-bond acceptors (Lipinski definition) is 5. The van der Waals surface area contributed by atoms with Gasteiger partial charge in [-0.3, -0.25) is 5.32 Å². The molecule has 0 spiro atoms. The van der Waals surface area contributed by atoms with Crippen LogP contribution in [0.4, 0.5) is 10.6 Å². The van der Waals surface area contributed by atoms with Crippen LogP contribution in [0.3, 0.4) is 0 Å². The van der Waals surface area contributed by atoms with Gasteiger partial charge < -0.3 is 9.84 Å². The van der Waals surface area contributed by atoms with Gasteiger partial charge in [0.15, 0.2) is 21.4 Å². The summed E-state index contributed by atoms with van der Waals surface area (Å²) >= 11 is 0. The quantitative estimate of drug-likeness (QED) is 0.895. The van der Waals surface area contributed by atoms with E-state index in [9.17, 15) is 13.2 Å². The van der Waals surface area contributed by atoms with Gasteiger partial charge in [0.05, 0.1) is 11.5 Å². The summed E-state index contributed by atoms with van der Waals surface area (Å²) in [6, 6.07) is 10.1. The zero-order valence-corrected chi connectivity index (χ0v) is 12.5. The van der Waals surface area contributed by atoms with Gasteiger partial charge in [0, 0.05) is 17.7 Å². The van der Waals surface area contributed by atoms with Gasteiger partial charge in [-0.2, -0.15) is 0 Å². The number of carbonyl (C=O) groups excluding carboxylic acids is 1. The number of carbonyl (C=O) groups is 1. The van der Waals surface area contributed by atoms with Crippen LogP contribution in [0.15, 0.2) is 40.9 Å². The fraction of sp³-hybridized carbons (Fsp3) is 0.286. The molecule has 1 aromatic heterocycles.